The minimum Gasteiger partial charge on any atom is -0.480 e. The first-order chi connectivity index (χ1) is 10.0. The predicted molar refractivity (Wildman–Crippen MR) is 80.0 cm³/mol. The van der Waals surface area contributed by atoms with Crippen LogP contribution in [0.1, 0.15) is 25.7 Å². The van der Waals surface area contributed by atoms with Crippen LogP contribution >= 0.6 is 11.8 Å². The predicted octanol–water partition coefficient (Wildman–Crippen LogP) is 0.567. The van der Waals surface area contributed by atoms with Crippen molar-refractivity contribution in [2.24, 2.45) is 11.8 Å². The molecule has 0 spiro atoms. The van der Waals surface area contributed by atoms with Gasteiger partial charge in [0, 0.05) is 19.5 Å². The number of amides is 2. The normalized spacial score (nSPS) is 23.2. The van der Waals surface area contributed by atoms with Gasteiger partial charge in [-0.25, -0.2) is 4.79 Å². The Bertz CT molecular complexity index is 425. The highest BCUT2D eigenvalue weighted by atomic mass is 32.2. The zero-order valence-corrected chi connectivity index (χ0v) is 13.0. The number of carboxylic acid groups (broad SMARTS) is 1. The van der Waals surface area contributed by atoms with Crippen LogP contribution in [0, 0.1) is 11.8 Å². The van der Waals surface area contributed by atoms with Crippen molar-refractivity contribution in [1.29, 1.82) is 0 Å². The molecule has 7 heteroatoms. The molecule has 21 heavy (non-hydrogen) atoms. The average Bonchev–Trinajstić information content (AvgIpc) is 3.17. The van der Waals surface area contributed by atoms with Crippen molar-refractivity contribution in [2.45, 2.75) is 31.7 Å². The van der Waals surface area contributed by atoms with E-state index in [4.69, 9.17) is 5.11 Å². The van der Waals surface area contributed by atoms with Crippen LogP contribution in [-0.2, 0) is 14.4 Å². The Kier molecular flexibility index (Phi) is 5.50. The molecule has 1 aliphatic carbocycles. The van der Waals surface area contributed by atoms with Crippen LogP contribution in [0.3, 0.4) is 0 Å². The molecule has 2 atom stereocenters. The summed E-state index contributed by atoms with van der Waals surface area (Å²) in [4.78, 5) is 36.9. The van der Waals surface area contributed by atoms with Crippen molar-refractivity contribution in [2.75, 3.05) is 25.1 Å². The van der Waals surface area contributed by atoms with Gasteiger partial charge in [0.25, 0.3) is 0 Å². The lowest BCUT2D eigenvalue weighted by atomic mass is 10.1. The summed E-state index contributed by atoms with van der Waals surface area (Å²) in [5, 5.41) is 11.7. The summed E-state index contributed by atoms with van der Waals surface area (Å²) in [5.74, 6) is -0.449. The van der Waals surface area contributed by atoms with E-state index in [9.17, 15) is 14.4 Å². The second kappa shape index (κ2) is 7.15. The van der Waals surface area contributed by atoms with Crippen molar-refractivity contribution in [3.05, 3.63) is 0 Å². The summed E-state index contributed by atoms with van der Waals surface area (Å²) in [7, 11) is 0. The van der Waals surface area contributed by atoms with Crippen molar-refractivity contribution in [1.82, 2.24) is 10.2 Å². The molecule has 1 saturated carbocycles. The van der Waals surface area contributed by atoms with Gasteiger partial charge in [0.2, 0.25) is 11.8 Å². The SMILES string of the molecule is CSCC[C@H](NC(=O)C1CC(=O)N(CC2CC2)C1)C(=O)O. The van der Waals surface area contributed by atoms with Crippen LogP contribution in [-0.4, -0.2) is 58.9 Å². The molecule has 0 aromatic carbocycles. The quantitative estimate of drug-likeness (QED) is 0.684. The lowest BCUT2D eigenvalue weighted by Gasteiger charge is -2.18. The first-order valence-electron chi connectivity index (χ1n) is 7.31. The van der Waals surface area contributed by atoms with Gasteiger partial charge >= 0.3 is 5.97 Å². The number of aliphatic carboxylic acids is 1. The molecule has 1 aliphatic heterocycles. The van der Waals surface area contributed by atoms with Crippen molar-refractivity contribution in [3.63, 3.8) is 0 Å². The number of nitrogens with one attached hydrogen (secondary N) is 1. The molecule has 0 bridgehead atoms. The van der Waals surface area contributed by atoms with Crippen LogP contribution in [0.15, 0.2) is 0 Å². The van der Waals surface area contributed by atoms with Crippen LogP contribution < -0.4 is 5.32 Å². The zero-order chi connectivity index (χ0) is 15.4. The van der Waals surface area contributed by atoms with Crippen LogP contribution in [0.25, 0.3) is 0 Å². The molecule has 0 aromatic rings. The molecule has 2 rings (SSSR count). The Hall–Kier alpha value is -1.24. The zero-order valence-electron chi connectivity index (χ0n) is 12.2. The van der Waals surface area contributed by atoms with Crippen LogP contribution in [0.4, 0.5) is 0 Å². The summed E-state index contributed by atoms with van der Waals surface area (Å²) in [6.07, 6.45) is 4.82. The molecule has 1 unspecified atom stereocenters. The van der Waals surface area contributed by atoms with Gasteiger partial charge in [-0.3, -0.25) is 9.59 Å². The number of carbonyl (C=O) groups is 3. The largest absolute Gasteiger partial charge is 0.480 e. The van der Waals surface area contributed by atoms with Gasteiger partial charge < -0.3 is 15.3 Å². The van der Waals surface area contributed by atoms with Crippen LogP contribution in [0.5, 0.6) is 0 Å². The first kappa shape index (κ1) is 16.1. The molecule has 1 heterocycles. The smallest absolute Gasteiger partial charge is 0.326 e. The summed E-state index contributed by atoms with van der Waals surface area (Å²) >= 11 is 1.54. The summed E-state index contributed by atoms with van der Waals surface area (Å²) in [6, 6.07) is -0.863. The number of likely N-dealkylation sites (tertiary alicyclic amines) is 1. The van der Waals surface area contributed by atoms with Gasteiger partial charge in [0.1, 0.15) is 6.04 Å². The van der Waals surface area contributed by atoms with Crippen LogP contribution in [0.2, 0.25) is 0 Å². The molecule has 2 fully saturated rings. The monoisotopic (exact) mass is 314 g/mol. The number of thioether (sulfide) groups is 1. The highest BCUT2D eigenvalue weighted by Gasteiger charge is 2.38. The Morgan fingerprint density at radius 2 is 2.19 bits per heavy atom. The number of carboxylic acids is 1. The fraction of sp³-hybridized carbons (Fsp3) is 0.786. The van der Waals surface area contributed by atoms with Gasteiger partial charge in [0.15, 0.2) is 0 Å². The number of carbonyl (C=O) groups excluding carboxylic acids is 2. The Labute approximate surface area is 128 Å². The number of hydrogen-bond acceptors (Lipinski definition) is 4. The topological polar surface area (TPSA) is 86.7 Å². The third kappa shape index (κ3) is 4.62. The summed E-state index contributed by atoms with van der Waals surface area (Å²) in [5.41, 5.74) is 0. The average molecular weight is 314 g/mol. The lowest BCUT2D eigenvalue weighted by molar-refractivity contribution is -0.142. The minimum atomic E-state index is -1.02. The van der Waals surface area contributed by atoms with E-state index in [0.717, 1.165) is 19.4 Å². The maximum Gasteiger partial charge on any atom is 0.326 e. The highest BCUT2D eigenvalue weighted by molar-refractivity contribution is 7.98. The minimum absolute atomic E-state index is 0.0121. The molecule has 2 aliphatic rings. The van der Waals surface area contributed by atoms with Crippen molar-refractivity contribution in [3.8, 4) is 0 Å². The van der Waals surface area contributed by atoms with E-state index in [-0.39, 0.29) is 18.2 Å². The van der Waals surface area contributed by atoms with E-state index < -0.39 is 17.9 Å². The molecule has 2 N–H and O–H groups in total. The standard InChI is InChI=1S/C14H22N2O4S/c1-21-5-4-11(14(19)20)15-13(18)10-6-12(17)16(8-10)7-9-2-3-9/h9-11H,2-8H2,1H3,(H,15,18)(H,19,20)/t10?,11-/m0/s1. The third-order valence-electron chi connectivity index (χ3n) is 3.99. The van der Waals surface area contributed by atoms with Crippen molar-refractivity contribution >= 4 is 29.5 Å². The molecular formula is C14H22N2O4S. The Balaban J connectivity index is 1.84. The van der Waals surface area contributed by atoms with Crippen molar-refractivity contribution < 1.29 is 19.5 Å². The molecule has 0 radical (unpaired) electrons. The van der Waals surface area contributed by atoms with Gasteiger partial charge in [-0.05, 0) is 37.2 Å². The maximum absolute atomic E-state index is 12.2. The summed E-state index contributed by atoms with van der Waals surface area (Å²) in [6.45, 7) is 1.17. The second-order valence-electron chi connectivity index (χ2n) is 5.82. The second-order valence-corrected chi connectivity index (χ2v) is 6.81. The highest BCUT2D eigenvalue weighted by Crippen LogP contribution is 2.32. The fourth-order valence-electron chi connectivity index (χ4n) is 2.52. The molecular weight excluding hydrogens is 292 g/mol. The molecule has 1 saturated heterocycles. The summed E-state index contributed by atoms with van der Waals surface area (Å²) < 4.78 is 0. The third-order valence-corrected chi connectivity index (χ3v) is 4.63. The first-order valence-corrected chi connectivity index (χ1v) is 8.70. The van der Waals surface area contributed by atoms with E-state index in [1.165, 1.54) is 0 Å². The van der Waals surface area contributed by atoms with Gasteiger partial charge in [-0.15, -0.1) is 0 Å². The number of rotatable bonds is 8. The van der Waals surface area contributed by atoms with E-state index in [1.807, 2.05) is 6.26 Å². The van der Waals surface area contributed by atoms with Gasteiger partial charge in [-0.2, -0.15) is 11.8 Å². The van der Waals surface area contributed by atoms with Gasteiger partial charge in [0.05, 0.1) is 5.92 Å². The van der Waals surface area contributed by atoms with E-state index in [0.29, 0.717) is 24.6 Å². The number of hydrogen-bond donors (Lipinski definition) is 2. The van der Waals surface area contributed by atoms with E-state index in [1.54, 1.807) is 16.7 Å². The Morgan fingerprint density at radius 3 is 2.76 bits per heavy atom. The van der Waals surface area contributed by atoms with E-state index in [2.05, 4.69) is 5.32 Å². The fourth-order valence-corrected chi connectivity index (χ4v) is 2.99. The maximum atomic E-state index is 12.2. The molecule has 0 aromatic heterocycles. The lowest BCUT2D eigenvalue weighted by Crippen LogP contribution is -2.44. The Morgan fingerprint density at radius 1 is 1.48 bits per heavy atom. The van der Waals surface area contributed by atoms with E-state index >= 15 is 0 Å². The van der Waals surface area contributed by atoms with Gasteiger partial charge in [-0.1, -0.05) is 0 Å². The number of nitrogens with zero attached hydrogens (tertiary/aromatic N) is 1. The molecule has 6 nitrogen and oxygen atoms in total. The molecule has 2 amide bonds. The molecule has 118 valence electrons.